The summed E-state index contributed by atoms with van der Waals surface area (Å²) in [5.74, 6) is 0. The van der Waals surface area contributed by atoms with E-state index in [-0.39, 0.29) is 0 Å². The van der Waals surface area contributed by atoms with Gasteiger partial charge in [-0.3, -0.25) is 0 Å². The molecule has 0 amide bonds. The van der Waals surface area contributed by atoms with Gasteiger partial charge in [0.15, 0.2) is 0 Å². The van der Waals surface area contributed by atoms with Crippen LogP contribution >= 0.6 is 22.9 Å². The van der Waals surface area contributed by atoms with E-state index in [0.29, 0.717) is 0 Å². The maximum absolute atomic E-state index is 6.35. The van der Waals surface area contributed by atoms with Crippen LogP contribution in [0.15, 0.2) is 66.7 Å². The summed E-state index contributed by atoms with van der Waals surface area (Å²) in [6, 6.07) is 22.8. The standard InChI is InChI=1S/C16H11ClS/c17-16-14(12-7-3-1-4-8-12)11-15(18-16)13-9-5-2-6-10-13/h1-11H. The molecule has 0 bridgehead atoms. The van der Waals surface area contributed by atoms with Crippen LogP contribution in [0.2, 0.25) is 4.34 Å². The molecule has 2 aromatic carbocycles. The van der Waals surface area contributed by atoms with Gasteiger partial charge >= 0.3 is 0 Å². The molecule has 0 spiro atoms. The van der Waals surface area contributed by atoms with Crippen molar-refractivity contribution in [3.05, 3.63) is 71.1 Å². The van der Waals surface area contributed by atoms with Crippen LogP contribution in [0.3, 0.4) is 0 Å². The molecule has 0 N–H and O–H groups in total. The molecule has 1 heterocycles. The molecule has 88 valence electrons. The van der Waals surface area contributed by atoms with Crippen LogP contribution in [0.25, 0.3) is 21.6 Å². The fraction of sp³-hybridized carbons (Fsp3) is 0. The fourth-order valence-electron chi connectivity index (χ4n) is 1.93. The van der Waals surface area contributed by atoms with Crippen molar-refractivity contribution in [2.24, 2.45) is 0 Å². The van der Waals surface area contributed by atoms with E-state index in [9.17, 15) is 0 Å². The van der Waals surface area contributed by atoms with Gasteiger partial charge in [0.05, 0.1) is 0 Å². The molecule has 0 fully saturated rings. The van der Waals surface area contributed by atoms with Crippen LogP contribution in [-0.4, -0.2) is 0 Å². The Hall–Kier alpha value is -1.57. The first-order valence-corrected chi connectivity index (χ1v) is 6.94. The Morgan fingerprint density at radius 2 is 1.28 bits per heavy atom. The highest BCUT2D eigenvalue weighted by Crippen LogP contribution is 2.40. The average molecular weight is 271 g/mol. The van der Waals surface area contributed by atoms with E-state index in [0.717, 1.165) is 9.90 Å². The van der Waals surface area contributed by atoms with E-state index >= 15 is 0 Å². The van der Waals surface area contributed by atoms with E-state index in [1.54, 1.807) is 11.3 Å². The molecule has 0 aliphatic rings. The molecule has 0 atom stereocenters. The van der Waals surface area contributed by atoms with Crippen molar-refractivity contribution in [1.82, 2.24) is 0 Å². The van der Waals surface area contributed by atoms with Crippen LogP contribution in [0, 0.1) is 0 Å². The molecule has 0 radical (unpaired) electrons. The van der Waals surface area contributed by atoms with Crippen molar-refractivity contribution in [2.75, 3.05) is 0 Å². The Morgan fingerprint density at radius 3 is 1.89 bits per heavy atom. The molecule has 0 saturated heterocycles. The SMILES string of the molecule is Clc1sc(-c2ccccc2)cc1-c1ccccc1. The van der Waals surface area contributed by atoms with Gasteiger partial charge in [0.25, 0.3) is 0 Å². The highest BCUT2D eigenvalue weighted by atomic mass is 35.5. The van der Waals surface area contributed by atoms with Crippen LogP contribution in [-0.2, 0) is 0 Å². The first-order chi connectivity index (χ1) is 8.84. The second-order valence-corrected chi connectivity index (χ2v) is 5.68. The average Bonchev–Trinajstić information content (AvgIpc) is 2.83. The second-order valence-electron chi connectivity index (χ2n) is 4.03. The lowest BCUT2D eigenvalue weighted by atomic mass is 10.1. The molecule has 18 heavy (non-hydrogen) atoms. The van der Waals surface area contributed by atoms with E-state index < -0.39 is 0 Å². The van der Waals surface area contributed by atoms with Gasteiger partial charge in [0.2, 0.25) is 0 Å². The predicted molar refractivity (Wildman–Crippen MR) is 80.2 cm³/mol. The topological polar surface area (TPSA) is 0 Å². The van der Waals surface area contributed by atoms with Crippen LogP contribution in [0.1, 0.15) is 0 Å². The molecular formula is C16H11ClS. The van der Waals surface area contributed by atoms with E-state index in [1.807, 2.05) is 36.4 Å². The number of halogens is 1. The minimum atomic E-state index is 0.847. The van der Waals surface area contributed by atoms with Gasteiger partial charge in [-0.2, -0.15) is 0 Å². The zero-order chi connectivity index (χ0) is 12.4. The largest absolute Gasteiger partial charge is 0.123 e. The van der Waals surface area contributed by atoms with E-state index in [2.05, 4.69) is 30.3 Å². The predicted octanol–water partition coefficient (Wildman–Crippen LogP) is 5.74. The zero-order valence-electron chi connectivity index (χ0n) is 9.64. The summed E-state index contributed by atoms with van der Waals surface area (Å²) in [7, 11) is 0. The molecule has 0 nitrogen and oxygen atoms in total. The maximum Gasteiger partial charge on any atom is 0.101 e. The van der Waals surface area contributed by atoms with Gasteiger partial charge in [-0.1, -0.05) is 72.3 Å². The third kappa shape index (κ3) is 2.20. The van der Waals surface area contributed by atoms with Gasteiger partial charge in [0.1, 0.15) is 4.34 Å². The Bertz CT molecular complexity index is 641. The van der Waals surface area contributed by atoms with Crippen molar-refractivity contribution in [2.45, 2.75) is 0 Å². The van der Waals surface area contributed by atoms with Crippen LogP contribution < -0.4 is 0 Å². The minimum Gasteiger partial charge on any atom is -0.123 e. The lowest BCUT2D eigenvalue weighted by Gasteiger charge is -1.97. The number of hydrogen-bond donors (Lipinski definition) is 0. The summed E-state index contributed by atoms with van der Waals surface area (Å²) in [4.78, 5) is 1.21. The third-order valence-electron chi connectivity index (χ3n) is 2.83. The minimum absolute atomic E-state index is 0.847. The molecule has 2 heteroatoms. The first-order valence-electron chi connectivity index (χ1n) is 5.75. The summed E-state index contributed by atoms with van der Waals surface area (Å²) in [6.45, 7) is 0. The fourth-order valence-corrected chi connectivity index (χ4v) is 3.25. The number of thiophene rings is 1. The normalized spacial score (nSPS) is 10.5. The highest BCUT2D eigenvalue weighted by molar-refractivity contribution is 7.20. The highest BCUT2D eigenvalue weighted by Gasteiger charge is 2.09. The van der Waals surface area contributed by atoms with Crippen LogP contribution in [0.4, 0.5) is 0 Å². The van der Waals surface area contributed by atoms with Gasteiger partial charge in [0, 0.05) is 10.4 Å². The number of hydrogen-bond acceptors (Lipinski definition) is 1. The monoisotopic (exact) mass is 270 g/mol. The van der Waals surface area contributed by atoms with Crippen molar-refractivity contribution in [1.29, 1.82) is 0 Å². The van der Waals surface area contributed by atoms with Crippen molar-refractivity contribution < 1.29 is 0 Å². The smallest absolute Gasteiger partial charge is 0.101 e. The number of benzene rings is 2. The number of rotatable bonds is 2. The Morgan fingerprint density at radius 1 is 0.722 bits per heavy atom. The summed E-state index contributed by atoms with van der Waals surface area (Å²) in [6.07, 6.45) is 0. The molecule has 0 saturated carbocycles. The summed E-state index contributed by atoms with van der Waals surface area (Å²) < 4.78 is 0.847. The molecule has 3 aromatic rings. The summed E-state index contributed by atoms with van der Waals surface area (Å²) in [5, 5.41) is 0. The molecule has 0 aliphatic heterocycles. The molecule has 1 aromatic heterocycles. The molecule has 0 aliphatic carbocycles. The van der Waals surface area contributed by atoms with Gasteiger partial charge in [-0.15, -0.1) is 11.3 Å². The van der Waals surface area contributed by atoms with Gasteiger partial charge in [-0.05, 0) is 17.2 Å². The Kier molecular flexibility index (Phi) is 3.18. The first kappa shape index (κ1) is 11.5. The molecular weight excluding hydrogens is 260 g/mol. The van der Waals surface area contributed by atoms with Gasteiger partial charge < -0.3 is 0 Å². The summed E-state index contributed by atoms with van der Waals surface area (Å²) >= 11 is 7.98. The van der Waals surface area contributed by atoms with Crippen molar-refractivity contribution in [3.8, 4) is 21.6 Å². The zero-order valence-corrected chi connectivity index (χ0v) is 11.2. The maximum atomic E-state index is 6.35. The van der Waals surface area contributed by atoms with Crippen LogP contribution in [0.5, 0.6) is 0 Å². The quantitative estimate of drug-likeness (QED) is 0.557. The van der Waals surface area contributed by atoms with Crippen molar-refractivity contribution >= 4 is 22.9 Å². The van der Waals surface area contributed by atoms with E-state index in [1.165, 1.54) is 16.0 Å². The lowest BCUT2D eigenvalue weighted by Crippen LogP contribution is -1.72. The Balaban J connectivity index is 2.07. The lowest BCUT2D eigenvalue weighted by molar-refractivity contribution is 1.66. The van der Waals surface area contributed by atoms with Gasteiger partial charge in [-0.25, -0.2) is 0 Å². The molecule has 3 rings (SSSR count). The van der Waals surface area contributed by atoms with Crippen molar-refractivity contribution in [3.63, 3.8) is 0 Å². The second kappa shape index (κ2) is 4.97. The van der Waals surface area contributed by atoms with E-state index in [4.69, 9.17) is 11.6 Å². The molecule has 0 unspecified atom stereocenters. The Labute approximate surface area is 115 Å². The third-order valence-corrected chi connectivity index (χ3v) is 4.24. The summed E-state index contributed by atoms with van der Waals surface area (Å²) in [5.41, 5.74) is 3.49.